The lowest BCUT2D eigenvalue weighted by Gasteiger charge is -1.97. The maximum Gasteiger partial charge on any atom is 0.229 e. The van der Waals surface area contributed by atoms with Gasteiger partial charge in [0.05, 0.1) is 12.5 Å². The van der Waals surface area contributed by atoms with Crippen molar-refractivity contribution < 1.29 is 21.6 Å². The monoisotopic (exact) mass is 554 g/mol. The summed E-state index contributed by atoms with van der Waals surface area (Å²) in [5.74, 6) is 0. The van der Waals surface area contributed by atoms with Crippen LogP contribution in [-0.4, -0.2) is 66.3 Å². The molecule has 0 aromatic carbocycles. The first kappa shape index (κ1) is 33.6. The van der Waals surface area contributed by atoms with E-state index >= 15 is 0 Å². The van der Waals surface area contributed by atoms with Crippen LogP contribution in [0.3, 0.4) is 0 Å². The van der Waals surface area contributed by atoms with E-state index in [1.54, 1.807) is 0 Å². The van der Waals surface area contributed by atoms with E-state index in [0.29, 0.717) is 6.54 Å². The van der Waals surface area contributed by atoms with Crippen molar-refractivity contribution >= 4 is 61.6 Å². The highest BCUT2D eigenvalue weighted by atomic mass is 79.9. The Bertz CT molecular complexity index is 430. The number of nitrogens with one attached hydrogen (secondary N) is 1. The summed E-state index contributed by atoms with van der Waals surface area (Å²) in [6.07, 6.45) is 6.54. The fraction of sp³-hybridized carbons (Fsp3) is 1.00. The van der Waals surface area contributed by atoms with Crippen LogP contribution in [0.5, 0.6) is 0 Å². The normalized spacial score (nSPS) is 13.0. The lowest BCUT2D eigenvalue weighted by atomic mass is 10.4. The molecule has 0 aliphatic carbocycles. The number of halogens is 3. The first-order chi connectivity index (χ1) is 11.0. The molecule has 1 aliphatic rings. The molecule has 1 fully saturated rings. The summed E-state index contributed by atoms with van der Waals surface area (Å²) in [5.41, 5.74) is 5.11. The van der Waals surface area contributed by atoms with Crippen LogP contribution in [0.2, 0.25) is 0 Å². The van der Waals surface area contributed by atoms with E-state index in [1.165, 1.54) is 12.8 Å². The lowest BCUT2D eigenvalue weighted by molar-refractivity contribution is 0.198. The SMILES string of the molecule is C.C1CCOC1.CS(=O)(=O)Cl.CS(=O)(=O)NCCCBr.NCCCBr. The first-order valence-electron chi connectivity index (χ1n) is 7.22. The second kappa shape index (κ2) is 23.1. The molecule has 0 unspecified atom stereocenters. The Hall–Kier alpha value is 1.03. The Labute approximate surface area is 175 Å². The number of nitrogens with two attached hydrogens (primary N) is 1. The van der Waals surface area contributed by atoms with Gasteiger partial charge in [-0.2, -0.15) is 0 Å². The Morgan fingerprint density at radius 3 is 1.60 bits per heavy atom. The molecule has 0 spiro atoms. The van der Waals surface area contributed by atoms with Gasteiger partial charge in [0.1, 0.15) is 0 Å². The maximum atomic E-state index is 10.4. The molecule has 0 saturated carbocycles. The molecule has 25 heavy (non-hydrogen) atoms. The molecule has 1 rings (SSSR count). The molecule has 0 aromatic rings. The van der Waals surface area contributed by atoms with E-state index in [9.17, 15) is 16.8 Å². The van der Waals surface area contributed by atoms with E-state index in [4.69, 9.17) is 10.5 Å². The molecule has 0 atom stereocenters. The zero-order chi connectivity index (χ0) is 19.5. The molecule has 0 aromatic heterocycles. The van der Waals surface area contributed by atoms with Gasteiger partial charge in [0.2, 0.25) is 19.1 Å². The van der Waals surface area contributed by atoms with Crippen molar-refractivity contribution in [1.82, 2.24) is 4.72 Å². The summed E-state index contributed by atoms with van der Waals surface area (Å²) in [6, 6.07) is 0. The minimum atomic E-state index is -3.19. The molecular weight excluding hydrogens is 524 g/mol. The van der Waals surface area contributed by atoms with Crippen LogP contribution in [0, 0.1) is 0 Å². The van der Waals surface area contributed by atoms with Crippen molar-refractivity contribution in [3.05, 3.63) is 0 Å². The van der Waals surface area contributed by atoms with E-state index < -0.39 is 19.1 Å². The summed E-state index contributed by atoms with van der Waals surface area (Å²) in [4.78, 5) is 0. The number of rotatable bonds is 6. The highest BCUT2D eigenvalue weighted by Gasteiger charge is 1.96. The third kappa shape index (κ3) is 67.4. The molecule has 1 saturated heterocycles. The van der Waals surface area contributed by atoms with Crippen LogP contribution in [0.1, 0.15) is 33.1 Å². The van der Waals surface area contributed by atoms with Gasteiger partial charge in [-0.3, -0.25) is 0 Å². The Balaban J connectivity index is -0.000000121. The summed E-state index contributed by atoms with van der Waals surface area (Å²) < 4.78 is 46.9. The van der Waals surface area contributed by atoms with Gasteiger partial charge in [0.15, 0.2) is 0 Å². The third-order valence-corrected chi connectivity index (χ3v) is 3.69. The molecular formula is C13H33Br2ClN2O5S2. The average molecular weight is 557 g/mol. The quantitative estimate of drug-likeness (QED) is 0.295. The summed E-state index contributed by atoms with van der Waals surface area (Å²) in [5, 5.41) is 1.86. The van der Waals surface area contributed by atoms with E-state index in [2.05, 4.69) is 47.3 Å². The van der Waals surface area contributed by atoms with Crippen molar-refractivity contribution in [3.63, 3.8) is 0 Å². The highest BCUT2D eigenvalue weighted by molar-refractivity contribution is 9.09. The second-order valence-corrected chi connectivity index (χ2v) is 11.0. The van der Waals surface area contributed by atoms with Gasteiger partial charge < -0.3 is 10.5 Å². The van der Waals surface area contributed by atoms with Gasteiger partial charge in [-0.25, -0.2) is 21.6 Å². The number of hydrogen-bond donors (Lipinski definition) is 2. The molecule has 7 nitrogen and oxygen atoms in total. The van der Waals surface area contributed by atoms with Crippen LogP contribution >= 0.6 is 42.5 Å². The predicted octanol–water partition coefficient (Wildman–Crippen LogP) is 2.67. The minimum Gasteiger partial charge on any atom is -0.381 e. The fourth-order valence-corrected chi connectivity index (χ4v) is 2.03. The Morgan fingerprint density at radius 1 is 1.04 bits per heavy atom. The molecule has 0 amide bonds. The Kier molecular flexibility index (Phi) is 31.0. The number of hydrogen-bond acceptors (Lipinski definition) is 6. The molecule has 1 aliphatic heterocycles. The van der Waals surface area contributed by atoms with Crippen LogP contribution < -0.4 is 10.5 Å². The van der Waals surface area contributed by atoms with E-state index in [1.807, 2.05) is 0 Å². The van der Waals surface area contributed by atoms with Crippen molar-refractivity contribution in [2.24, 2.45) is 5.73 Å². The zero-order valence-corrected chi connectivity index (χ0v) is 19.7. The first-order valence-corrected chi connectivity index (χ1v) is 14.1. The van der Waals surface area contributed by atoms with Gasteiger partial charge in [-0.05, 0) is 32.2 Å². The van der Waals surface area contributed by atoms with Crippen molar-refractivity contribution in [3.8, 4) is 0 Å². The van der Waals surface area contributed by atoms with Crippen molar-refractivity contribution in [1.29, 1.82) is 0 Å². The van der Waals surface area contributed by atoms with Crippen LogP contribution in [0.25, 0.3) is 0 Å². The zero-order valence-electron chi connectivity index (χ0n) is 14.1. The molecule has 0 radical (unpaired) electrons. The lowest BCUT2D eigenvalue weighted by Crippen LogP contribution is -2.23. The number of ether oxygens (including phenoxy) is 1. The van der Waals surface area contributed by atoms with Gasteiger partial charge in [0, 0.05) is 41.1 Å². The number of alkyl halides is 2. The molecule has 12 heteroatoms. The van der Waals surface area contributed by atoms with Crippen LogP contribution in [-0.2, 0) is 23.8 Å². The second-order valence-electron chi connectivity index (χ2n) is 4.54. The minimum absolute atomic E-state index is 0. The fourth-order valence-electron chi connectivity index (χ4n) is 0.912. The largest absolute Gasteiger partial charge is 0.381 e. The molecule has 3 N–H and O–H groups in total. The number of sulfonamides is 1. The van der Waals surface area contributed by atoms with Crippen LogP contribution in [0.15, 0.2) is 0 Å². The summed E-state index contributed by atoms with van der Waals surface area (Å²) in [7, 11) is -1.66. The van der Waals surface area contributed by atoms with Crippen molar-refractivity contribution in [2.45, 2.75) is 33.1 Å². The topological polar surface area (TPSA) is 116 Å². The highest BCUT2D eigenvalue weighted by Crippen LogP contribution is 1.98. The maximum absolute atomic E-state index is 10.4. The molecule has 1 heterocycles. The van der Waals surface area contributed by atoms with Gasteiger partial charge in [-0.1, -0.05) is 39.3 Å². The smallest absolute Gasteiger partial charge is 0.229 e. The average Bonchev–Trinajstić information content (AvgIpc) is 2.96. The van der Waals surface area contributed by atoms with E-state index in [-0.39, 0.29) is 7.43 Å². The Morgan fingerprint density at radius 2 is 1.44 bits per heavy atom. The standard InChI is InChI=1S/C4H10BrNO2S.C4H8O.C3H8BrN.CH3ClO2S.CH4/c1-9(7,8)6-4-2-3-5;1-2-4-5-3-1;4-2-1-3-5;1-5(2,3)4;/h6H,2-4H2,1H3;1-4H2;1-3,5H2;1H3;1H4. The molecule has 158 valence electrons. The summed E-state index contributed by atoms with van der Waals surface area (Å²) in [6.45, 7) is 3.31. The molecule has 0 bridgehead atoms. The predicted molar refractivity (Wildman–Crippen MR) is 116 cm³/mol. The van der Waals surface area contributed by atoms with Gasteiger partial charge in [-0.15, -0.1) is 0 Å². The third-order valence-electron chi connectivity index (χ3n) is 1.84. The van der Waals surface area contributed by atoms with E-state index in [0.717, 1.165) is 55.8 Å². The van der Waals surface area contributed by atoms with Gasteiger partial charge >= 0.3 is 0 Å². The summed E-state index contributed by atoms with van der Waals surface area (Å²) >= 11 is 6.41. The van der Waals surface area contributed by atoms with Gasteiger partial charge in [0.25, 0.3) is 0 Å². The van der Waals surface area contributed by atoms with Crippen LogP contribution in [0.4, 0.5) is 0 Å². The van der Waals surface area contributed by atoms with Crippen molar-refractivity contribution in [2.75, 3.05) is 49.5 Å².